The number of esters is 4. The van der Waals surface area contributed by atoms with Gasteiger partial charge < -0.3 is 53.5 Å². The topological polar surface area (TPSA) is 320 Å². The summed E-state index contributed by atoms with van der Waals surface area (Å²) in [5.41, 5.74) is -3.69. The molecule has 5 aromatic carbocycles. The number of non-ortho nitro benzene ring substituents is 1. The SMILES string of the molecule is CC(=O)O[C@H]1C(=O)[C@@]2(C)[C@H]([C@H](OC(=O)c3ccccc3)[C@]3(O)C[C@H](OC(=O)[C@H](O)[C@@H](NC(=O)c4ccccc4)c4ccccc4)C(C)=C1C3(C)C)[C@]1(OC(C)=O)CO[C@@H]1C[C@@H]2O.Cn1cc(C2=C(c3cn(C)c4cc([N+](=O)[O-])ccc34)C(=O)NC2=O)c2ccccc21. The largest absolute Gasteiger partial charge is 0.456 e. The number of ether oxygens (including phenoxy) is 5. The number of aliphatic hydroxyl groups excluding tert-OH is 2. The lowest BCUT2D eigenvalue weighted by molar-refractivity contribution is -0.384. The molecule has 5 aliphatic rings. The van der Waals surface area contributed by atoms with E-state index in [9.17, 15) is 59.0 Å². The van der Waals surface area contributed by atoms with Crippen molar-refractivity contribution in [2.75, 3.05) is 6.61 Å². The first-order valence-corrected chi connectivity index (χ1v) is 29.7. The van der Waals surface area contributed by atoms with Crippen LogP contribution in [0.1, 0.15) is 97.8 Å². The zero-order valence-corrected chi connectivity index (χ0v) is 51.4. The number of carbonyl (C=O) groups excluding carboxylic acids is 8. The molecule has 2 aromatic heterocycles. The minimum absolute atomic E-state index is 0.00289. The van der Waals surface area contributed by atoms with Crippen LogP contribution in [0.5, 0.6) is 0 Å². The van der Waals surface area contributed by atoms with Crippen molar-refractivity contribution in [1.82, 2.24) is 19.8 Å². The molecule has 23 nitrogen and oxygen atoms in total. The summed E-state index contributed by atoms with van der Waals surface area (Å²) in [6, 6.07) is 35.1. The fraction of sp³-hybridized carbons (Fsp3) is 0.333. The number of nitro groups is 1. The van der Waals surface area contributed by atoms with Crippen LogP contribution in [0.15, 0.2) is 157 Å². The van der Waals surface area contributed by atoms with Crippen molar-refractivity contribution >= 4 is 86.0 Å². The number of imide groups is 1. The van der Waals surface area contributed by atoms with Crippen LogP contribution in [0.2, 0.25) is 0 Å². The van der Waals surface area contributed by atoms with E-state index in [4.69, 9.17) is 23.7 Å². The van der Waals surface area contributed by atoms with Crippen molar-refractivity contribution < 1.29 is 82.3 Å². The van der Waals surface area contributed by atoms with Crippen molar-refractivity contribution in [3.8, 4) is 0 Å². The molecule has 5 N–H and O–H groups in total. The standard InChI is InChI=1S/C47H51NO14.C22H16N4O4/c1-25-31(60-43(56)36(52)35(28-16-10-7-11-17-28)48-41(54)29-18-12-8-13-19-29)23-47(57)40(61-42(55)30-20-14-9-15-21-30)38-45(6,32(51)22-33-46(38,24-58-33)62-27(3)50)39(53)37(59-26(2)49)34(25)44(47,4)5;1-24-10-15(13-5-3-4-6-17(13)24)19-20(22(28)23-21(19)27)16-11-25(2)18-9-12(26(29)30)7-8-14(16)18/h7-21,31-33,35-38,40,51-52,57H,22-24H2,1-6H3,(H,48,54);3-11H,1-2H3,(H,23,27,28)/t31-,32-,33+,35-,36+,37+,38-,40-,45+,46-,47+;/m0./s1. The number of hydrogen-bond acceptors (Lipinski definition) is 18. The first-order valence-electron chi connectivity index (χ1n) is 29.7. The Bertz CT molecular complexity index is 4270. The first kappa shape index (κ1) is 63.6. The maximum Gasteiger partial charge on any atom is 0.338 e. The van der Waals surface area contributed by atoms with E-state index in [0.29, 0.717) is 33.2 Å². The van der Waals surface area contributed by atoms with Gasteiger partial charge in [-0.15, -0.1) is 0 Å². The molecule has 2 aliphatic heterocycles. The molecule has 2 saturated carbocycles. The Morgan fingerprint density at radius 1 is 0.750 bits per heavy atom. The lowest BCUT2D eigenvalue weighted by Crippen LogP contribution is -2.82. The number of nitrogens with zero attached hydrogens (tertiary/aromatic N) is 3. The fourth-order valence-electron chi connectivity index (χ4n) is 14.4. The Kier molecular flexibility index (Phi) is 16.6. The normalized spacial score (nSPS) is 26.1. The molecule has 1 saturated heterocycles. The van der Waals surface area contributed by atoms with Gasteiger partial charge in [0.15, 0.2) is 23.6 Å². The van der Waals surface area contributed by atoms with Gasteiger partial charge in [0.05, 0.1) is 57.2 Å². The Morgan fingerprint density at radius 3 is 1.89 bits per heavy atom. The molecule has 0 spiro atoms. The molecule has 23 heteroatoms. The van der Waals surface area contributed by atoms with Crippen LogP contribution < -0.4 is 10.6 Å². The molecule has 92 heavy (non-hydrogen) atoms. The molecule has 2 bridgehead atoms. The van der Waals surface area contributed by atoms with Crippen LogP contribution in [0, 0.1) is 26.9 Å². The average molecular weight is 1250 g/mol. The van der Waals surface area contributed by atoms with Crippen molar-refractivity contribution in [3.05, 3.63) is 195 Å². The summed E-state index contributed by atoms with van der Waals surface area (Å²) in [6.45, 7) is 7.97. The number of aromatic nitrogens is 2. The van der Waals surface area contributed by atoms with Gasteiger partial charge in [-0.3, -0.25) is 44.2 Å². The van der Waals surface area contributed by atoms with Crippen LogP contribution in [0.3, 0.4) is 0 Å². The van der Waals surface area contributed by atoms with Gasteiger partial charge in [-0.05, 0) is 67.0 Å². The molecular weight excluding hydrogens is 1190 g/mol. The quantitative estimate of drug-likeness (QED) is 0.0196. The number of para-hydroxylation sites is 1. The number of carbonyl (C=O) groups is 8. The highest BCUT2D eigenvalue weighted by molar-refractivity contribution is 6.50. The van der Waals surface area contributed by atoms with Gasteiger partial charge in [0.1, 0.15) is 23.9 Å². The number of ketones is 1. The van der Waals surface area contributed by atoms with Gasteiger partial charge in [-0.25, -0.2) is 9.59 Å². The van der Waals surface area contributed by atoms with E-state index in [-0.39, 0.29) is 46.6 Å². The number of rotatable bonds is 13. The molecule has 476 valence electrons. The Balaban J connectivity index is 0.000000239. The lowest BCUT2D eigenvalue weighted by atomic mass is 9.44. The number of fused-ring (bicyclic) bond motifs is 7. The highest BCUT2D eigenvalue weighted by atomic mass is 16.6. The zero-order chi connectivity index (χ0) is 66.1. The summed E-state index contributed by atoms with van der Waals surface area (Å²) in [4.78, 5) is 120. The number of nitrogens with one attached hydrogen (secondary N) is 2. The van der Waals surface area contributed by atoms with E-state index in [2.05, 4.69) is 10.6 Å². The molecule has 12 rings (SSSR count). The van der Waals surface area contributed by atoms with E-state index >= 15 is 4.79 Å². The number of hydrogen-bond donors (Lipinski definition) is 5. The number of Topliss-reactive ketones (excluding diaryl/α,β-unsaturated/α-hetero) is 1. The van der Waals surface area contributed by atoms with Crippen molar-refractivity contribution in [1.29, 1.82) is 0 Å². The van der Waals surface area contributed by atoms with E-state index in [1.54, 1.807) is 117 Å². The van der Waals surface area contributed by atoms with Gasteiger partial charge >= 0.3 is 23.9 Å². The minimum Gasteiger partial charge on any atom is -0.456 e. The van der Waals surface area contributed by atoms with E-state index in [1.807, 2.05) is 42.1 Å². The second-order valence-electron chi connectivity index (χ2n) is 24.7. The summed E-state index contributed by atoms with van der Waals surface area (Å²) in [6.07, 6.45) is -6.94. The van der Waals surface area contributed by atoms with Gasteiger partial charge in [0.25, 0.3) is 23.4 Å². The van der Waals surface area contributed by atoms with Gasteiger partial charge in [-0.1, -0.05) is 98.8 Å². The molecule has 11 atom stereocenters. The maximum atomic E-state index is 15.5. The van der Waals surface area contributed by atoms with Gasteiger partial charge in [0, 0.05) is 104 Å². The monoisotopic (exact) mass is 1250 g/mol. The van der Waals surface area contributed by atoms with Crippen LogP contribution in [0.4, 0.5) is 5.69 Å². The summed E-state index contributed by atoms with van der Waals surface area (Å²) in [7, 11) is 3.64. The van der Waals surface area contributed by atoms with E-state index < -0.39 is 129 Å². The fourth-order valence-corrected chi connectivity index (χ4v) is 14.4. The summed E-state index contributed by atoms with van der Waals surface area (Å²) in [5, 5.41) is 55.3. The summed E-state index contributed by atoms with van der Waals surface area (Å²) >= 11 is 0. The average Bonchev–Trinajstić information content (AvgIpc) is 0.863. The second-order valence-corrected chi connectivity index (χ2v) is 24.7. The zero-order valence-electron chi connectivity index (χ0n) is 51.4. The van der Waals surface area contributed by atoms with E-state index in [0.717, 1.165) is 24.8 Å². The van der Waals surface area contributed by atoms with Crippen LogP contribution in [0.25, 0.3) is 33.0 Å². The molecule has 0 unspecified atom stereocenters. The predicted octanol–water partition coefficient (Wildman–Crippen LogP) is 6.88. The Morgan fingerprint density at radius 2 is 1.32 bits per heavy atom. The molecular formula is C69H67N5O18. The van der Waals surface area contributed by atoms with Crippen molar-refractivity contribution in [3.63, 3.8) is 0 Å². The third-order valence-corrected chi connectivity index (χ3v) is 19.0. The number of amides is 3. The van der Waals surface area contributed by atoms with Gasteiger partial charge in [-0.2, -0.15) is 0 Å². The lowest BCUT2D eigenvalue weighted by Gasteiger charge is -2.67. The number of aliphatic hydroxyl groups is 3. The first-order chi connectivity index (χ1) is 43.6. The molecule has 4 heterocycles. The highest BCUT2D eigenvalue weighted by Crippen LogP contribution is 2.64. The minimum atomic E-state index is -2.39. The Hall–Kier alpha value is -9.94. The summed E-state index contributed by atoms with van der Waals surface area (Å²) in [5.74, 6) is -7.77. The van der Waals surface area contributed by atoms with E-state index in [1.165, 1.54) is 38.1 Å². The van der Waals surface area contributed by atoms with Crippen LogP contribution in [-0.2, 0) is 66.5 Å². The molecule has 0 radical (unpaired) electrons. The number of nitro benzene ring substituents is 1. The second kappa shape index (κ2) is 24.0. The summed E-state index contributed by atoms with van der Waals surface area (Å²) < 4.78 is 33.9. The molecule has 3 aliphatic carbocycles. The Labute approximate surface area is 526 Å². The van der Waals surface area contributed by atoms with Gasteiger partial charge in [0.2, 0.25) is 0 Å². The molecule has 7 aromatic rings. The van der Waals surface area contributed by atoms with Crippen LogP contribution >= 0.6 is 0 Å². The highest BCUT2D eigenvalue weighted by Gasteiger charge is 2.78. The van der Waals surface area contributed by atoms with Crippen molar-refractivity contribution in [2.24, 2.45) is 30.8 Å². The van der Waals surface area contributed by atoms with Crippen LogP contribution in [-0.4, -0.2) is 131 Å². The van der Waals surface area contributed by atoms with Crippen molar-refractivity contribution in [2.45, 2.75) is 108 Å². The molecule has 3 fully saturated rings. The predicted molar refractivity (Wildman–Crippen MR) is 330 cm³/mol. The molecule has 3 amide bonds. The number of benzene rings is 5. The third kappa shape index (κ3) is 10.6. The number of aryl methyl sites for hydroxylation is 2. The smallest absolute Gasteiger partial charge is 0.338 e. The maximum absolute atomic E-state index is 15.5. The third-order valence-electron chi connectivity index (χ3n) is 19.0.